The van der Waals surface area contributed by atoms with Crippen molar-refractivity contribution in [3.63, 3.8) is 0 Å². The van der Waals surface area contributed by atoms with Crippen LogP contribution in [0.15, 0.2) is 0 Å². The van der Waals surface area contributed by atoms with Crippen LogP contribution < -0.4 is 5.32 Å². The minimum absolute atomic E-state index is 0.590. The van der Waals surface area contributed by atoms with Gasteiger partial charge in [0.05, 0.1) is 0 Å². The Kier molecular flexibility index (Phi) is 3.71. The number of hydrogen-bond acceptors (Lipinski definition) is 1. The fourth-order valence-corrected chi connectivity index (χ4v) is 2.98. The van der Waals surface area contributed by atoms with E-state index in [0.29, 0.717) is 5.41 Å². The van der Waals surface area contributed by atoms with Gasteiger partial charge in [0.1, 0.15) is 0 Å². The van der Waals surface area contributed by atoms with E-state index < -0.39 is 0 Å². The Morgan fingerprint density at radius 2 is 2.00 bits per heavy atom. The molecule has 15 heavy (non-hydrogen) atoms. The van der Waals surface area contributed by atoms with Crippen LogP contribution in [0.4, 0.5) is 0 Å². The zero-order valence-electron chi connectivity index (χ0n) is 10.5. The normalized spacial score (nSPS) is 30.4. The fourth-order valence-electron chi connectivity index (χ4n) is 2.98. The number of nitrogens with one attached hydrogen (secondary N) is 1. The molecule has 1 atom stereocenters. The van der Waals surface area contributed by atoms with Crippen molar-refractivity contribution in [2.75, 3.05) is 6.54 Å². The van der Waals surface area contributed by atoms with Gasteiger partial charge in [0.2, 0.25) is 0 Å². The zero-order valence-corrected chi connectivity index (χ0v) is 10.5. The summed E-state index contributed by atoms with van der Waals surface area (Å²) in [7, 11) is 0. The van der Waals surface area contributed by atoms with Crippen LogP contribution in [0.25, 0.3) is 0 Å². The van der Waals surface area contributed by atoms with E-state index in [1.807, 2.05) is 0 Å². The van der Waals surface area contributed by atoms with E-state index in [4.69, 9.17) is 0 Å². The first kappa shape index (κ1) is 11.4. The molecule has 0 bridgehead atoms. The lowest BCUT2D eigenvalue weighted by atomic mass is 9.75. The van der Waals surface area contributed by atoms with Gasteiger partial charge in [-0.3, -0.25) is 0 Å². The first-order valence-electron chi connectivity index (χ1n) is 6.89. The molecule has 1 heteroatoms. The largest absolute Gasteiger partial charge is 0.314 e. The Bertz CT molecular complexity index is 194. The Morgan fingerprint density at radius 3 is 2.67 bits per heavy atom. The van der Waals surface area contributed by atoms with E-state index in [9.17, 15) is 0 Å². The molecule has 0 saturated heterocycles. The van der Waals surface area contributed by atoms with Gasteiger partial charge >= 0.3 is 0 Å². The van der Waals surface area contributed by atoms with Crippen molar-refractivity contribution in [2.24, 2.45) is 11.3 Å². The van der Waals surface area contributed by atoms with Crippen molar-refractivity contribution in [2.45, 2.75) is 71.3 Å². The summed E-state index contributed by atoms with van der Waals surface area (Å²) in [5.74, 6) is 1.11. The van der Waals surface area contributed by atoms with Crippen LogP contribution in [0.3, 0.4) is 0 Å². The van der Waals surface area contributed by atoms with Crippen LogP contribution >= 0.6 is 0 Å². The lowest BCUT2D eigenvalue weighted by Crippen LogP contribution is -2.37. The molecular weight excluding hydrogens is 182 g/mol. The van der Waals surface area contributed by atoms with Crippen LogP contribution in [0.2, 0.25) is 0 Å². The highest BCUT2D eigenvalue weighted by atomic mass is 14.9. The van der Waals surface area contributed by atoms with E-state index in [-0.39, 0.29) is 0 Å². The Hall–Kier alpha value is -0.0400. The highest BCUT2D eigenvalue weighted by Gasteiger charge is 2.27. The third-order valence-electron chi connectivity index (χ3n) is 4.12. The average molecular weight is 209 g/mol. The summed E-state index contributed by atoms with van der Waals surface area (Å²) in [6, 6.07) is 0.813. The molecule has 0 aromatic heterocycles. The standard InChI is InChI=1S/C14H27N/c1-14(2)9-3-6-13(11-14)15-10-4-5-12-7-8-12/h12-13,15H,3-11H2,1-2H3. The summed E-state index contributed by atoms with van der Waals surface area (Å²) in [5.41, 5.74) is 0.590. The first-order valence-corrected chi connectivity index (χ1v) is 6.89. The fraction of sp³-hybridized carbons (Fsp3) is 1.00. The molecule has 2 rings (SSSR count). The Morgan fingerprint density at radius 1 is 1.20 bits per heavy atom. The van der Waals surface area contributed by atoms with Crippen LogP contribution in [-0.2, 0) is 0 Å². The molecule has 0 amide bonds. The van der Waals surface area contributed by atoms with Gasteiger partial charge in [0, 0.05) is 6.04 Å². The molecule has 1 nitrogen and oxygen atoms in total. The van der Waals surface area contributed by atoms with Crippen molar-refractivity contribution in [3.05, 3.63) is 0 Å². The summed E-state index contributed by atoms with van der Waals surface area (Å²) >= 11 is 0. The van der Waals surface area contributed by atoms with Crippen LogP contribution in [0.1, 0.15) is 65.2 Å². The lowest BCUT2D eigenvalue weighted by Gasteiger charge is -2.35. The molecule has 0 aromatic carbocycles. The second-order valence-corrected chi connectivity index (χ2v) is 6.50. The predicted molar refractivity (Wildman–Crippen MR) is 66.0 cm³/mol. The number of hydrogen-bond donors (Lipinski definition) is 1. The summed E-state index contributed by atoms with van der Waals surface area (Å²) in [6.07, 6.45) is 11.5. The van der Waals surface area contributed by atoms with Gasteiger partial charge < -0.3 is 5.32 Å². The van der Waals surface area contributed by atoms with Gasteiger partial charge in [-0.25, -0.2) is 0 Å². The van der Waals surface area contributed by atoms with Crippen LogP contribution in [0, 0.1) is 11.3 Å². The van der Waals surface area contributed by atoms with Crippen molar-refractivity contribution < 1.29 is 0 Å². The van der Waals surface area contributed by atoms with E-state index >= 15 is 0 Å². The summed E-state index contributed by atoms with van der Waals surface area (Å²) in [5, 5.41) is 3.76. The zero-order chi connectivity index (χ0) is 10.7. The average Bonchev–Trinajstić information content (AvgIpc) is 2.94. The van der Waals surface area contributed by atoms with Gasteiger partial charge in [-0.1, -0.05) is 33.1 Å². The molecule has 1 N–H and O–H groups in total. The molecule has 1 unspecified atom stereocenters. The SMILES string of the molecule is CC1(C)CCCC(NCCCC2CC2)C1. The molecule has 2 saturated carbocycles. The van der Waals surface area contributed by atoms with Gasteiger partial charge in [-0.2, -0.15) is 0 Å². The third kappa shape index (κ3) is 4.14. The minimum atomic E-state index is 0.590. The highest BCUT2D eigenvalue weighted by molar-refractivity contribution is 4.83. The van der Waals surface area contributed by atoms with E-state index in [2.05, 4.69) is 19.2 Å². The van der Waals surface area contributed by atoms with Crippen molar-refractivity contribution >= 4 is 0 Å². The first-order chi connectivity index (χ1) is 7.16. The molecule has 88 valence electrons. The van der Waals surface area contributed by atoms with E-state index in [0.717, 1.165) is 12.0 Å². The van der Waals surface area contributed by atoms with Gasteiger partial charge in [0.25, 0.3) is 0 Å². The molecule has 0 radical (unpaired) electrons. The molecule has 2 aliphatic rings. The smallest absolute Gasteiger partial charge is 0.00721 e. The van der Waals surface area contributed by atoms with Gasteiger partial charge in [0.15, 0.2) is 0 Å². The summed E-state index contributed by atoms with van der Waals surface area (Å²) < 4.78 is 0. The van der Waals surface area contributed by atoms with Gasteiger partial charge in [-0.05, 0) is 50.0 Å². The van der Waals surface area contributed by atoms with Crippen molar-refractivity contribution in [3.8, 4) is 0 Å². The van der Waals surface area contributed by atoms with Crippen molar-refractivity contribution in [1.29, 1.82) is 0 Å². The lowest BCUT2D eigenvalue weighted by molar-refractivity contribution is 0.198. The summed E-state index contributed by atoms with van der Waals surface area (Å²) in [4.78, 5) is 0. The Balaban J connectivity index is 1.57. The van der Waals surface area contributed by atoms with Crippen LogP contribution in [0.5, 0.6) is 0 Å². The Labute approximate surface area is 95.0 Å². The topological polar surface area (TPSA) is 12.0 Å². The monoisotopic (exact) mass is 209 g/mol. The quantitative estimate of drug-likeness (QED) is 0.680. The molecule has 2 aliphatic carbocycles. The molecule has 0 aliphatic heterocycles. The second kappa shape index (κ2) is 4.86. The summed E-state index contributed by atoms with van der Waals surface area (Å²) in [6.45, 7) is 6.10. The predicted octanol–water partition coefficient (Wildman–Crippen LogP) is 3.74. The van der Waals surface area contributed by atoms with Gasteiger partial charge in [-0.15, -0.1) is 0 Å². The maximum atomic E-state index is 3.76. The van der Waals surface area contributed by atoms with Crippen molar-refractivity contribution in [1.82, 2.24) is 5.32 Å². The highest BCUT2D eigenvalue weighted by Crippen LogP contribution is 2.35. The maximum absolute atomic E-state index is 3.76. The molecule has 2 fully saturated rings. The molecular formula is C14H27N. The second-order valence-electron chi connectivity index (χ2n) is 6.50. The maximum Gasteiger partial charge on any atom is 0.00721 e. The molecule has 0 heterocycles. The van der Waals surface area contributed by atoms with E-state index in [1.54, 1.807) is 0 Å². The molecule has 0 spiro atoms. The minimum Gasteiger partial charge on any atom is -0.314 e. The van der Waals surface area contributed by atoms with Crippen LogP contribution in [-0.4, -0.2) is 12.6 Å². The molecule has 0 aromatic rings. The number of rotatable bonds is 5. The third-order valence-corrected chi connectivity index (χ3v) is 4.12. The van der Waals surface area contributed by atoms with E-state index in [1.165, 1.54) is 57.9 Å².